The third-order valence-electron chi connectivity index (χ3n) is 2.40. The van der Waals surface area contributed by atoms with Gasteiger partial charge >= 0.3 is 24.2 Å². The van der Waals surface area contributed by atoms with Crippen molar-refractivity contribution in [1.82, 2.24) is 5.32 Å². The van der Waals surface area contributed by atoms with E-state index in [1.807, 2.05) is 0 Å². The first-order valence-corrected chi connectivity index (χ1v) is 5.25. The molecule has 0 aliphatic rings. The third-order valence-corrected chi connectivity index (χ3v) is 2.40. The lowest BCUT2D eigenvalue weighted by atomic mass is 10.1. The minimum absolute atomic E-state index is 0.614. The molecule has 10 heteroatoms. The first kappa shape index (κ1) is 17.2. The van der Waals surface area contributed by atoms with Crippen molar-refractivity contribution in [2.75, 3.05) is 0 Å². The predicted octanol–water partition coefficient (Wildman–Crippen LogP) is 3.52. The van der Waals surface area contributed by atoms with Crippen LogP contribution in [0.25, 0.3) is 0 Å². The molecule has 1 N–H and O–H groups in total. The van der Waals surface area contributed by atoms with Gasteiger partial charge in [0, 0.05) is 6.54 Å². The van der Waals surface area contributed by atoms with Crippen LogP contribution in [0.5, 0.6) is 0 Å². The maximum atomic E-state index is 12.6. The SMILES string of the molecule is O=C(NCc1ccccc1C(F)(F)F)C(F)(F)C(F)(F)F. The maximum absolute atomic E-state index is 12.6. The Bertz CT molecular complexity index is 520. The van der Waals surface area contributed by atoms with Crippen molar-refractivity contribution in [3.05, 3.63) is 35.4 Å². The number of nitrogens with one attached hydrogen (secondary N) is 1. The van der Waals surface area contributed by atoms with Gasteiger partial charge in [0.1, 0.15) is 0 Å². The van der Waals surface area contributed by atoms with Crippen LogP contribution in [0.15, 0.2) is 24.3 Å². The van der Waals surface area contributed by atoms with E-state index in [9.17, 15) is 39.9 Å². The molecular formula is C11H7F8NO. The molecule has 0 fully saturated rings. The Morgan fingerprint density at radius 3 is 1.95 bits per heavy atom. The lowest BCUT2D eigenvalue weighted by Crippen LogP contribution is -2.50. The minimum Gasteiger partial charge on any atom is -0.346 e. The van der Waals surface area contributed by atoms with Crippen LogP contribution in [0.4, 0.5) is 35.1 Å². The van der Waals surface area contributed by atoms with E-state index < -0.39 is 41.9 Å². The molecule has 21 heavy (non-hydrogen) atoms. The molecule has 0 spiro atoms. The normalized spacial score (nSPS) is 13.1. The van der Waals surface area contributed by atoms with Gasteiger partial charge in [0.05, 0.1) is 5.56 Å². The monoisotopic (exact) mass is 321 g/mol. The van der Waals surface area contributed by atoms with Gasteiger partial charge in [-0.15, -0.1) is 0 Å². The largest absolute Gasteiger partial charge is 0.463 e. The zero-order chi connectivity index (χ0) is 16.5. The van der Waals surface area contributed by atoms with Crippen LogP contribution >= 0.6 is 0 Å². The summed E-state index contributed by atoms with van der Waals surface area (Å²) in [7, 11) is 0. The highest BCUT2D eigenvalue weighted by atomic mass is 19.4. The number of rotatable bonds is 3. The second kappa shape index (κ2) is 5.49. The Balaban J connectivity index is 2.89. The first-order valence-electron chi connectivity index (χ1n) is 5.25. The molecule has 0 aliphatic carbocycles. The van der Waals surface area contributed by atoms with Crippen LogP contribution < -0.4 is 5.32 Å². The van der Waals surface area contributed by atoms with Gasteiger partial charge in [0.2, 0.25) is 0 Å². The molecule has 0 radical (unpaired) electrons. The lowest BCUT2D eigenvalue weighted by Gasteiger charge is -2.19. The van der Waals surface area contributed by atoms with Crippen LogP contribution in [0.3, 0.4) is 0 Å². The molecule has 118 valence electrons. The number of amides is 1. The van der Waals surface area contributed by atoms with Crippen molar-refractivity contribution in [3.63, 3.8) is 0 Å². The summed E-state index contributed by atoms with van der Waals surface area (Å²) in [6.07, 6.45) is -10.9. The summed E-state index contributed by atoms with van der Waals surface area (Å²) in [5, 5.41) is 1.15. The second-order valence-electron chi connectivity index (χ2n) is 3.91. The molecule has 0 aromatic heterocycles. The molecule has 0 unspecified atom stereocenters. The van der Waals surface area contributed by atoms with Crippen LogP contribution in [-0.2, 0) is 17.5 Å². The molecule has 0 aliphatic heterocycles. The smallest absolute Gasteiger partial charge is 0.346 e. The van der Waals surface area contributed by atoms with Gasteiger partial charge in [0.25, 0.3) is 0 Å². The standard InChI is InChI=1S/C11H7F8NO/c12-9(13,11(17,18)19)8(21)20-5-6-3-1-2-4-7(6)10(14,15)16/h1-4H,5H2,(H,20,21). The fraction of sp³-hybridized carbons (Fsp3) is 0.364. The van der Waals surface area contributed by atoms with Gasteiger partial charge in [-0.3, -0.25) is 4.79 Å². The fourth-order valence-corrected chi connectivity index (χ4v) is 1.37. The maximum Gasteiger partial charge on any atom is 0.463 e. The van der Waals surface area contributed by atoms with E-state index in [2.05, 4.69) is 0 Å². The summed E-state index contributed by atoms with van der Waals surface area (Å²) in [5.74, 6) is -8.40. The van der Waals surface area contributed by atoms with Crippen molar-refractivity contribution >= 4 is 5.91 Å². The van der Waals surface area contributed by atoms with Crippen LogP contribution in [0, 0.1) is 0 Å². The average Bonchev–Trinajstić information content (AvgIpc) is 2.33. The summed E-state index contributed by atoms with van der Waals surface area (Å²) in [6, 6.07) is 3.61. The van der Waals surface area contributed by atoms with Crippen molar-refractivity contribution < 1.29 is 39.9 Å². The van der Waals surface area contributed by atoms with Crippen molar-refractivity contribution in [1.29, 1.82) is 0 Å². The summed E-state index contributed by atoms with van der Waals surface area (Å²) in [6.45, 7) is -1.11. The van der Waals surface area contributed by atoms with Gasteiger partial charge in [-0.25, -0.2) is 0 Å². The topological polar surface area (TPSA) is 29.1 Å². The molecule has 0 heterocycles. The van der Waals surface area contributed by atoms with Crippen molar-refractivity contribution in [2.45, 2.75) is 24.8 Å². The van der Waals surface area contributed by atoms with E-state index in [1.165, 1.54) is 0 Å². The van der Waals surface area contributed by atoms with E-state index in [1.54, 1.807) is 0 Å². The highest BCUT2D eigenvalue weighted by molar-refractivity contribution is 5.84. The van der Waals surface area contributed by atoms with Crippen LogP contribution in [-0.4, -0.2) is 18.0 Å². The molecule has 1 aromatic carbocycles. The van der Waals surface area contributed by atoms with Crippen molar-refractivity contribution in [3.8, 4) is 0 Å². The number of carbonyl (C=O) groups is 1. The van der Waals surface area contributed by atoms with Crippen LogP contribution in [0.2, 0.25) is 0 Å². The quantitative estimate of drug-likeness (QED) is 0.848. The number of carbonyl (C=O) groups excluding carboxylic acids is 1. The summed E-state index contributed by atoms with van der Waals surface area (Å²) in [4.78, 5) is 10.8. The van der Waals surface area contributed by atoms with E-state index in [-0.39, 0.29) is 0 Å². The molecule has 0 saturated heterocycles. The van der Waals surface area contributed by atoms with E-state index in [4.69, 9.17) is 0 Å². The fourth-order valence-electron chi connectivity index (χ4n) is 1.37. The second-order valence-corrected chi connectivity index (χ2v) is 3.91. The Hall–Kier alpha value is -1.87. The lowest BCUT2D eigenvalue weighted by molar-refractivity contribution is -0.269. The predicted molar refractivity (Wildman–Crippen MR) is 54.3 cm³/mol. The molecular weight excluding hydrogens is 314 g/mol. The molecule has 1 aromatic rings. The van der Waals surface area contributed by atoms with Gasteiger partial charge in [-0.1, -0.05) is 18.2 Å². The molecule has 0 atom stereocenters. The molecule has 1 rings (SSSR count). The first-order chi connectivity index (χ1) is 9.37. The third kappa shape index (κ3) is 3.82. The number of halogens is 8. The van der Waals surface area contributed by atoms with E-state index >= 15 is 0 Å². The zero-order valence-electron chi connectivity index (χ0n) is 9.95. The Morgan fingerprint density at radius 1 is 0.952 bits per heavy atom. The molecule has 0 bridgehead atoms. The number of hydrogen-bond acceptors (Lipinski definition) is 1. The van der Waals surface area contributed by atoms with Crippen molar-refractivity contribution in [2.24, 2.45) is 0 Å². The summed E-state index contributed by atoms with van der Waals surface area (Å²) >= 11 is 0. The van der Waals surface area contributed by atoms with Gasteiger partial charge in [-0.2, -0.15) is 35.1 Å². The molecule has 1 amide bonds. The Kier molecular flexibility index (Phi) is 4.49. The van der Waals surface area contributed by atoms with E-state index in [0.717, 1.165) is 23.5 Å². The van der Waals surface area contributed by atoms with Gasteiger partial charge < -0.3 is 5.32 Å². The summed E-state index contributed by atoms with van der Waals surface area (Å²) in [5.41, 5.74) is -1.86. The van der Waals surface area contributed by atoms with Crippen LogP contribution in [0.1, 0.15) is 11.1 Å². The number of hydrogen-bond donors (Lipinski definition) is 1. The highest BCUT2D eigenvalue weighted by Crippen LogP contribution is 2.36. The summed E-state index contributed by atoms with van der Waals surface area (Å²) < 4.78 is 98.5. The van der Waals surface area contributed by atoms with Gasteiger partial charge in [-0.05, 0) is 11.6 Å². The number of benzene rings is 1. The Morgan fingerprint density at radius 2 is 1.48 bits per heavy atom. The minimum atomic E-state index is -6.12. The highest BCUT2D eigenvalue weighted by Gasteiger charge is 2.63. The van der Waals surface area contributed by atoms with E-state index in [0.29, 0.717) is 6.07 Å². The molecule has 0 saturated carbocycles. The zero-order valence-corrected chi connectivity index (χ0v) is 9.95. The van der Waals surface area contributed by atoms with Gasteiger partial charge in [0.15, 0.2) is 0 Å². The molecule has 2 nitrogen and oxygen atoms in total. The number of alkyl halides is 8. The average molecular weight is 321 g/mol. The Labute approximate surface area is 112 Å².